The Kier molecular flexibility index (Phi) is 3.58. The van der Waals surface area contributed by atoms with Crippen LogP contribution in [0, 0.1) is 25.7 Å². The number of rotatable bonds is 1. The minimum atomic E-state index is 0.107. The number of carbonyl (C=O) groups excluding carboxylic acids is 1. The normalized spacial score (nSPS) is 24.7. The van der Waals surface area contributed by atoms with Crippen molar-refractivity contribution < 1.29 is 9.32 Å². The van der Waals surface area contributed by atoms with Gasteiger partial charge in [0.15, 0.2) is 0 Å². The summed E-state index contributed by atoms with van der Waals surface area (Å²) in [4.78, 5) is 19.5. The summed E-state index contributed by atoms with van der Waals surface area (Å²) in [6.45, 7) is 5.53. The third-order valence-corrected chi connectivity index (χ3v) is 5.55. The highest BCUT2D eigenvalue weighted by Crippen LogP contribution is 2.36. The molecule has 2 aromatic rings. The second-order valence-corrected chi connectivity index (χ2v) is 7.10. The summed E-state index contributed by atoms with van der Waals surface area (Å²) in [5.74, 6) is 1.61. The van der Waals surface area contributed by atoms with Crippen molar-refractivity contribution in [2.24, 2.45) is 11.8 Å². The maximum atomic E-state index is 13.1. The SMILES string of the molecule is Cc1cc(C(=O)N2CC[C@H]3CCCC[C@H]3C2)c2c(C)noc2n1. The molecule has 2 fully saturated rings. The molecule has 1 saturated heterocycles. The van der Waals surface area contributed by atoms with Crippen LogP contribution in [-0.2, 0) is 0 Å². The van der Waals surface area contributed by atoms with E-state index in [4.69, 9.17) is 4.52 Å². The highest BCUT2D eigenvalue weighted by atomic mass is 16.5. The lowest BCUT2D eigenvalue weighted by molar-refractivity contribution is 0.0522. The average molecular weight is 313 g/mol. The summed E-state index contributed by atoms with van der Waals surface area (Å²) in [6.07, 6.45) is 6.43. The molecule has 5 heteroatoms. The van der Waals surface area contributed by atoms with Crippen molar-refractivity contribution in [1.82, 2.24) is 15.0 Å². The van der Waals surface area contributed by atoms with Crippen molar-refractivity contribution in [3.63, 3.8) is 0 Å². The van der Waals surface area contributed by atoms with Crippen molar-refractivity contribution in [2.45, 2.75) is 46.0 Å². The summed E-state index contributed by atoms with van der Waals surface area (Å²) < 4.78 is 5.26. The number of hydrogen-bond acceptors (Lipinski definition) is 4. The summed E-state index contributed by atoms with van der Waals surface area (Å²) in [6, 6.07) is 1.88. The molecule has 2 aliphatic rings. The number of piperidine rings is 1. The van der Waals surface area contributed by atoms with Gasteiger partial charge in [0.1, 0.15) is 0 Å². The van der Waals surface area contributed by atoms with Gasteiger partial charge in [-0.15, -0.1) is 0 Å². The number of aromatic nitrogens is 2. The van der Waals surface area contributed by atoms with Crippen molar-refractivity contribution in [2.75, 3.05) is 13.1 Å². The van der Waals surface area contributed by atoms with E-state index in [1.165, 1.54) is 25.7 Å². The largest absolute Gasteiger partial charge is 0.338 e. The number of likely N-dealkylation sites (tertiary alicyclic amines) is 1. The molecule has 122 valence electrons. The Balaban J connectivity index is 1.65. The van der Waals surface area contributed by atoms with Gasteiger partial charge >= 0.3 is 0 Å². The first-order valence-electron chi connectivity index (χ1n) is 8.66. The van der Waals surface area contributed by atoms with Gasteiger partial charge in [-0.25, -0.2) is 4.98 Å². The highest BCUT2D eigenvalue weighted by molar-refractivity contribution is 6.06. The lowest BCUT2D eigenvalue weighted by atomic mass is 9.75. The number of nitrogens with zero attached hydrogens (tertiary/aromatic N) is 3. The predicted molar refractivity (Wildman–Crippen MR) is 87.2 cm³/mol. The second-order valence-electron chi connectivity index (χ2n) is 7.10. The zero-order chi connectivity index (χ0) is 16.0. The molecule has 1 aliphatic heterocycles. The van der Waals surface area contributed by atoms with Gasteiger partial charge in [-0.3, -0.25) is 4.79 Å². The number of pyridine rings is 1. The second kappa shape index (κ2) is 5.62. The fourth-order valence-electron chi connectivity index (χ4n) is 4.34. The van der Waals surface area contributed by atoms with Crippen LogP contribution in [0.3, 0.4) is 0 Å². The molecule has 0 spiro atoms. The van der Waals surface area contributed by atoms with Crippen LogP contribution in [0.15, 0.2) is 10.6 Å². The molecule has 0 radical (unpaired) electrons. The Morgan fingerprint density at radius 3 is 2.83 bits per heavy atom. The van der Waals surface area contributed by atoms with Crippen LogP contribution in [-0.4, -0.2) is 34.0 Å². The molecule has 0 N–H and O–H groups in total. The third-order valence-electron chi connectivity index (χ3n) is 5.55. The van der Waals surface area contributed by atoms with Crippen LogP contribution in [0.2, 0.25) is 0 Å². The summed E-state index contributed by atoms with van der Waals surface area (Å²) in [5.41, 5.74) is 2.70. The van der Waals surface area contributed by atoms with Gasteiger partial charge in [0.25, 0.3) is 11.6 Å². The Labute approximate surface area is 136 Å². The monoisotopic (exact) mass is 313 g/mol. The van der Waals surface area contributed by atoms with E-state index in [1.807, 2.05) is 24.8 Å². The zero-order valence-electron chi connectivity index (χ0n) is 13.8. The Morgan fingerprint density at radius 2 is 2.00 bits per heavy atom. The van der Waals surface area contributed by atoms with E-state index >= 15 is 0 Å². The van der Waals surface area contributed by atoms with E-state index in [0.717, 1.165) is 42.2 Å². The first-order chi connectivity index (χ1) is 11.1. The molecule has 2 aromatic heterocycles. The van der Waals surface area contributed by atoms with E-state index in [9.17, 15) is 4.79 Å². The standard InChI is InChI=1S/C18H23N3O2/c1-11-9-15(16-12(2)20-23-17(16)19-11)18(22)21-8-7-13-5-3-4-6-14(13)10-21/h9,13-14H,3-8,10H2,1-2H3/t13-,14+/m1/s1. The molecule has 0 bridgehead atoms. The van der Waals surface area contributed by atoms with E-state index < -0.39 is 0 Å². The maximum Gasteiger partial charge on any atom is 0.258 e. The van der Waals surface area contributed by atoms with Crippen LogP contribution in [0.4, 0.5) is 0 Å². The molecule has 3 heterocycles. The highest BCUT2D eigenvalue weighted by Gasteiger charge is 2.34. The van der Waals surface area contributed by atoms with Crippen LogP contribution in [0.5, 0.6) is 0 Å². The van der Waals surface area contributed by atoms with Gasteiger partial charge in [0, 0.05) is 18.8 Å². The van der Waals surface area contributed by atoms with E-state index in [0.29, 0.717) is 17.2 Å². The maximum absolute atomic E-state index is 13.1. The quantitative estimate of drug-likeness (QED) is 0.808. The number of amides is 1. The molecule has 0 aromatic carbocycles. The fraction of sp³-hybridized carbons (Fsp3) is 0.611. The van der Waals surface area contributed by atoms with Crippen molar-refractivity contribution >= 4 is 17.0 Å². The number of hydrogen-bond donors (Lipinski definition) is 0. The molecular weight excluding hydrogens is 290 g/mol. The number of aryl methyl sites for hydroxylation is 2. The third kappa shape index (κ3) is 2.52. The molecule has 1 saturated carbocycles. The summed E-state index contributed by atoms with van der Waals surface area (Å²) >= 11 is 0. The van der Waals surface area contributed by atoms with Crippen LogP contribution in [0.25, 0.3) is 11.1 Å². The van der Waals surface area contributed by atoms with Gasteiger partial charge < -0.3 is 9.42 Å². The van der Waals surface area contributed by atoms with Gasteiger partial charge in [-0.1, -0.05) is 24.4 Å². The molecule has 0 unspecified atom stereocenters. The summed E-state index contributed by atoms with van der Waals surface area (Å²) in [5, 5.41) is 4.75. The van der Waals surface area contributed by atoms with Gasteiger partial charge in [-0.2, -0.15) is 0 Å². The topological polar surface area (TPSA) is 59.2 Å². The van der Waals surface area contributed by atoms with E-state index in [2.05, 4.69) is 10.1 Å². The van der Waals surface area contributed by atoms with Gasteiger partial charge in [-0.05, 0) is 44.6 Å². The zero-order valence-corrected chi connectivity index (χ0v) is 13.8. The van der Waals surface area contributed by atoms with E-state index in [-0.39, 0.29) is 5.91 Å². The smallest absolute Gasteiger partial charge is 0.258 e. The molecule has 23 heavy (non-hydrogen) atoms. The fourth-order valence-corrected chi connectivity index (χ4v) is 4.34. The molecule has 4 rings (SSSR count). The Bertz CT molecular complexity index is 752. The average Bonchev–Trinajstić information content (AvgIpc) is 2.94. The van der Waals surface area contributed by atoms with Gasteiger partial charge in [0.2, 0.25) is 0 Å². The Morgan fingerprint density at radius 1 is 1.22 bits per heavy atom. The molecular formula is C18H23N3O2. The lowest BCUT2D eigenvalue weighted by Crippen LogP contribution is -2.44. The minimum absolute atomic E-state index is 0.107. The van der Waals surface area contributed by atoms with Gasteiger partial charge in [0.05, 0.1) is 16.6 Å². The molecule has 1 amide bonds. The van der Waals surface area contributed by atoms with Crippen LogP contribution < -0.4 is 0 Å². The summed E-state index contributed by atoms with van der Waals surface area (Å²) in [7, 11) is 0. The number of carbonyl (C=O) groups is 1. The van der Waals surface area contributed by atoms with Crippen LogP contribution in [0.1, 0.15) is 53.8 Å². The molecule has 2 atom stereocenters. The molecule has 1 aliphatic carbocycles. The van der Waals surface area contributed by atoms with Crippen molar-refractivity contribution in [3.8, 4) is 0 Å². The Hall–Kier alpha value is -1.91. The first-order valence-corrected chi connectivity index (χ1v) is 8.66. The van der Waals surface area contributed by atoms with Crippen LogP contribution >= 0.6 is 0 Å². The van der Waals surface area contributed by atoms with E-state index in [1.54, 1.807) is 0 Å². The number of fused-ring (bicyclic) bond motifs is 2. The predicted octanol–water partition coefficient (Wildman–Crippen LogP) is 3.49. The van der Waals surface area contributed by atoms with Crippen molar-refractivity contribution in [1.29, 1.82) is 0 Å². The van der Waals surface area contributed by atoms with Crippen molar-refractivity contribution in [3.05, 3.63) is 23.0 Å². The molecule has 5 nitrogen and oxygen atoms in total. The lowest BCUT2D eigenvalue weighted by Gasteiger charge is -2.41. The minimum Gasteiger partial charge on any atom is -0.338 e. The first kappa shape index (κ1) is 14.7.